The first kappa shape index (κ1) is 17.4. The van der Waals surface area contributed by atoms with Gasteiger partial charge in [0.15, 0.2) is 11.5 Å². The second-order valence-corrected chi connectivity index (χ2v) is 5.55. The maximum atomic E-state index is 13.8. The molecule has 1 aromatic heterocycles. The number of carbonyl (C=O) groups is 1. The fourth-order valence-electron chi connectivity index (χ4n) is 2.39. The molecule has 8 heteroatoms. The van der Waals surface area contributed by atoms with Crippen LogP contribution >= 0.6 is 0 Å². The van der Waals surface area contributed by atoms with Gasteiger partial charge in [-0.3, -0.25) is 4.79 Å². The van der Waals surface area contributed by atoms with Gasteiger partial charge in [-0.05, 0) is 43.7 Å². The molecule has 1 amide bonds. The molecule has 7 nitrogen and oxygen atoms in total. The van der Waals surface area contributed by atoms with Crippen molar-refractivity contribution in [2.24, 2.45) is 0 Å². The Morgan fingerprint density at radius 3 is 2.81 bits per heavy atom. The molecular formula is C18H18FN5O2. The number of aromatic nitrogens is 3. The summed E-state index contributed by atoms with van der Waals surface area (Å²) in [5, 5.41) is 10.4. The Kier molecular flexibility index (Phi) is 4.83. The van der Waals surface area contributed by atoms with Crippen LogP contribution in [0.4, 0.5) is 15.9 Å². The Bertz CT molecular complexity index is 955. The van der Waals surface area contributed by atoms with Crippen LogP contribution in [-0.4, -0.2) is 27.5 Å². The molecular weight excluding hydrogens is 337 g/mol. The van der Waals surface area contributed by atoms with Crippen LogP contribution in [0, 0.1) is 12.7 Å². The summed E-state index contributed by atoms with van der Waals surface area (Å²) in [6.07, 6.45) is 0. The lowest BCUT2D eigenvalue weighted by atomic mass is 10.2. The van der Waals surface area contributed by atoms with E-state index in [4.69, 9.17) is 10.5 Å². The smallest absolute Gasteiger partial charge is 0.280 e. The first-order valence-corrected chi connectivity index (χ1v) is 8.02. The van der Waals surface area contributed by atoms with Gasteiger partial charge in [0.1, 0.15) is 11.6 Å². The molecule has 0 atom stereocenters. The highest BCUT2D eigenvalue weighted by Gasteiger charge is 2.20. The summed E-state index contributed by atoms with van der Waals surface area (Å²) in [4.78, 5) is 12.5. The van der Waals surface area contributed by atoms with Crippen molar-refractivity contribution in [2.45, 2.75) is 13.8 Å². The largest absolute Gasteiger partial charge is 0.492 e. The summed E-state index contributed by atoms with van der Waals surface area (Å²) >= 11 is 0. The standard InChI is InChI=1S/C18H18FN5O2/c1-3-26-15-7-5-4-6-14(15)21-18(25)16-17(20)24(23-22-16)12-9-8-11(2)13(19)10-12/h4-10H,3,20H2,1-2H3,(H,21,25). The van der Waals surface area contributed by atoms with E-state index in [9.17, 15) is 9.18 Å². The molecule has 0 aliphatic carbocycles. The first-order valence-electron chi connectivity index (χ1n) is 8.02. The molecule has 3 aromatic rings. The molecule has 0 bridgehead atoms. The third-order valence-electron chi connectivity index (χ3n) is 3.76. The zero-order chi connectivity index (χ0) is 18.7. The summed E-state index contributed by atoms with van der Waals surface area (Å²) in [6, 6.07) is 11.6. The molecule has 0 aliphatic rings. The number of nitrogens with zero attached hydrogens (tertiary/aromatic N) is 3. The van der Waals surface area contributed by atoms with Crippen LogP contribution in [0.5, 0.6) is 5.75 Å². The van der Waals surface area contributed by atoms with E-state index in [1.165, 1.54) is 10.7 Å². The topological polar surface area (TPSA) is 95.1 Å². The molecule has 1 heterocycles. The van der Waals surface area contributed by atoms with E-state index in [1.807, 2.05) is 6.92 Å². The number of nitrogen functional groups attached to an aromatic ring is 1. The van der Waals surface area contributed by atoms with E-state index >= 15 is 0 Å². The third-order valence-corrected chi connectivity index (χ3v) is 3.76. The highest BCUT2D eigenvalue weighted by atomic mass is 19.1. The number of hydrogen-bond donors (Lipinski definition) is 2. The fourth-order valence-corrected chi connectivity index (χ4v) is 2.39. The van der Waals surface area contributed by atoms with Gasteiger partial charge in [0, 0.05) is 0 Å². The molecule has 2 aromatic carbocycles. The van der Waals surface area contributed by atoms with Crippen molar-refractivity contribution in [3.05, 3.63) is 59.5 Å². The summed E-state index contributed by atoms with van der Waals surface area (Å²) in [5.41, 5.74) is 7.31. The van der Waals surface area contributed by atoms with Gasteiger partial charge in [-0.2, -0.15) is 4.68 Å². The number of hydrogen-bond acceptors (Lipinski definition) is 5. The summed E-state index contributed by atoms with van der Waals surface area (Å²) < 4.78 is 20.5. The number of para-hydroxylation sites is 2. The van der Waals surface area contributed by atoms with Crippen LogP contribution in [-0.2, 0) is 0 Å². The van der Waals surface area contributed by atoms with Crippen LogP contribution in [0.15, 0.2) is 42.5 Å². The monoisotopic (exact) mass is 355 g/mol. The average molecular weight is 355 g/mol. The SMILES string of the molecule is CCOc1ccccc1NC(=O)c1nnn(-c2ccc(C)c(F)c2)c1N. The van der Waals surface area contributed by atoms with Crippen molar-refractivity contribution in [2.75, 3.05) is 17.7 Å². The number of nitrogens with two attached hydrogens (primary N) is 1. The van der Waals surface area contributed by atoms with Crippen molar-refractivity contribution in [3.8, 4) is 11.4 Å². The van der Waals surface area contributed by atoms with Crippen molar-refractivity contribution in [1.82, 2.24) is 15.0 Å². The van der Waals surface area contributed by atoms with Gasteiger partial charge in [-0.25, -0.2) is 4.39 Å². The number of benzene rings is 2. The van der Waals surface area contributed by atoms with Gasteiger partial charge in [-0.1, -0.05) is 23.4 Å². The Balaban J connectivity index is 1.88. The molecule has 3 rings (SSSR count). The fraction of sp³-hybridized carbons (Fsp3) is 0.167. The lowest BCUT2D eigenvalue weighted by molar-refractivity contribution is 0.102. The molecule has 134 valence electrons. The van der Waals surface area contributed by atoms with Crippen molar-refractivity contribution in [3.63, 3.8) is 0 Å². The molecule has 3 N–H and O–H groups in total. The minimum atomic E-state index is -0.534. The third kappa shape index (κ3) is 3.34. The number of nitrogens with one attached hydrogen (secondary N) is 1. The van der Waals surface area contributed by atoms with E-state index in [0.717, 1.165) is 0 Å². The molecule has 0 saturated carbocycles. The second kappa shape index (κ2) is 7.22. The Hall–Kier alpha value is -3.42. The van der Waals surface area contributed by atoms with Crippen molar-refractivity contribution in [1.29, 1.82) is 0 Å². The summed E-state index contributed by atoms with van der Waals surface area (Å²) in [5.74, 6) is -0.378. The normalized spacial score (nSPS) is 10.6. The number of amides is 1. The van der Waals surface area contributed by atoms with Gasteiger partial charge < -0.3 is 15.8 Å². The Morgan fingerprint density at radius 2 is 2.08 bits per heavy atom. The molecule has 0 fully saturated rings. The zero-order valence-corrected chi connectivity index (χ0v) is 14.4. The van der Waals surface area contributed by atoms with Crippen LogP contribution in [0.25, 0.3) is 5.69 Å². The van der Waals surface area contributed by atoms with Crippen LogP contribution in [0.3, 0.4) is 0 Å². The molecule has 26 heavy (non-hydrogen) atoms. The van der Waals surface area contributed by atoms with Gasteiger partial charge in [0.25, 0.3) is 5.91 Å². The van der Waals surface area contributed by atoms with Crippen LogP contribution in [0.2, 0.25) is 0 Å². The number of halogens is 1. The van der Waals surface area contributed by atoms with Gasteiger partial charge in [-0.15, -0.1) is 5.10 Å². The van der Waals surface area contributed by atoms with E-state index in [0.29, 0.717) is 29.3 Å². The van der Waals surface area contributed by atoms with E-state index in [-0.39, 0.29) is 11.5 Å². The predicted octanol–water partition coefficient (Wildman–Crippen LogP) is 2.95. The minimum absolute atomic E-state index is 0.0136. The zero-order valence-electron chi connectivity index (χ0n) is 14.4. The van der Waals surface area contributed by atoms with Crippen LogP contribution in [0.1, 0.15) is 23.0 Å². The number of anilines is 2. The van der Waals surface area contributed by atoms with Gasteiger partial charge in [0.2, 0.25) is 0 Å². The Morgan fingerprint density at radius 1 is 1.31 bits per heavy atom. The Labute approximate surface area is 149 Å². The molecule has 0 aliphatic heterocycles. The van der Waals surface area contributed by atoms with Crippen molar-refractivity contribution < 1.29 is 13.9 Å². The summed E-state index contributed by atoms with van der Waals surface area (Å²) in [7, 11) is 0. The predicted molar refractivity (Wildman–Crippen MR) is 96.0 cm³/mol. The lowest BCUT2D eigenvalue weighted by Gasteiger charge is -2.10. The van der Waals surface area contributed by atoms with Gasteiger partial charge >= 0.3 is 0 Å². The second-order valence-electron chi connectivity index (χ2n) is 5.55. The number of carbonyl (C=O) groups excluding carboxylic acids is 1. The van der Waals surface area contributed by atoms with Gasteiger partial charge in [0.05, 0.1) is 18.0 Å². The minimum Gasteiger partial charge on any atom is -0.492 e. The first-order chi connectivity index (χ1) is 12.5. The van der Waals surface area contributed by atoms with Crippen molar-refractivity contribution >= 4 is 17.4 Å². The molecule has 0 unspecified atom stereocenters. The summed E-state index contributed by atoms with van der Waals surface area (Å²) in [6.45, 7) is 3.96. The number of rotatable bonds is 5. The lowest BCUT2D eigenvalue weighted by Crippen LogP contribution is -2.15. The molecule has 0 radical (unpaired) electrons. The highest BCUT2D eigenvalue weighted by molar-refractivity contribution is 6.06. The average Bonchev–Trinajstić information content (AvgIpc) is 3.01. The van der Waals surface area contributed by atoms with E-state index in [2.05, 4.69) is 15.6 Å². The van der Waals surface area contributed by atoms with E-state index < -0.39 is 11.7 Å². The quantitative estimate of drug-likeness (QED) is 0.734. The maximum absolute atomic E-state index is 13.8. The molecule has 0 saturated heterocycles. The molecule has 0 spiro atoms. The van der Waals surface area contributed by atoms with Crippen LogP contribution < -0.4 is 15.8 Å². The number of ether oxygens (including phenoxy) is 1. The van der Waals surface area contributed by atoms with E-state index in [1.54, 1.807) is 43.3 Å². The number of aryl methyl sites for hydroxylation is 1. The maximum Gasteiger partial charge on any atom is 0.280 e. The highest BCUT2D eigenvalue weighted by Crippen LogP contribution is 2.25.